The maximum Gasteiger partial charge on any atom is 0.0402 e. The van der Waals surface area contributed by atoms with Gasteiger partial charge in [0.25, 0.3) is 0 Å². The molecular weight excluding hydrogens is 288 g/mol. The first-order valence-corrected chi connectivity index (χ1v) is 4.79. The van der Waals surface area contributed by atoms with Crippen molar-refractivity contribution in [2.45, 2.75) is 27.2 Å². The minimum atomic E-state index is 0. The summed E-state index contributed by atoms with van der Waals surface area (Å²) in [7, 11) is 0. The Morgan fingerprint density at radius 1 is 0.800 bits per heavy atom. The molecule has 1 aliphatic rings. The van der Waals surface area contributed by atoms with Crippen molar-refractivity contribution in [3.63, 3.8) is 0 Å². The van der Waals surface area contributed by atoms with Gasteiger partial charge in [0.1, 0.15) is 0 Å². The molecule has 0 atom stereocenters. The Morgan fingerprint density at radius 2 is 1.05 bits per heavy atom. The molecule has 0 spiro atoms. The van der Waals surface area contributed by atoms with Crippen LogP contribution in [0.1, 0.15) is 27.2 Å². The van der Waals surface area contributed by atoms with Crippen LogP contribution in [0.4, 0.5) is 0 Å². The first-order valence-electron chi connectivity index (χ1n) is 4.79. The number of allylic oxidation sites excluding steroid dienone is 4. The van der Waals surface area contributed by atoms with Gasteiger partial charge in [-0.2, -0.15) is 6.08 Å². The van der Waals surface area contributed by atoms with Gasteiger partial charge in [-0.05, 0) is 20.8 Å². The molecule has 0 bridgehead atoms. The molecule has 130 valence electrons. The van der Waals surface area contributed by atoms with Crippen molar-refractivity contribution < 1.29 is 37.0 Å². The predicted octanol–water partition coefficient (Wildman–Crippen LogP) is 3.55. The van der Waals surface area contributed by atoms with Crippen LogP contribution < -0.4 is 0 Å². The fraction of sp³-hybridized carbons (Fsp3) is 0.438. The van der Waals surface area contributed by atoms with Crippen molar-refractivity contribution in [3.8, 4) is 0 Å². The van der Waals surface area contributed by atoms with Gasteiger partial charge in [-0.25, -0.2) is 12.2 Å². The summed E-state index contributed by atoms with van der Waals surface area (Å²) in [6.45, 7) is 5.79. The normalized spacial score (nSPS) is 7.10. The van der Waals surface area contributed by atoms with Crippen LogP contribution in [-0.4, -0.2) is 35.1 Å². The van der Waals surface area contributed by atoms with E-state index in [4.69, 9.17) is 15.3 Å². The van der Waals surface area contributed by atoms with Crippen LogP contribution in [0, 0.1) is 43.2 Å². The second-order valence-electron chi connectivity index (χ2n) is 1.95. The minimum absolute atomic E-state index is 0. The van der Waals surface area contributed by atoms with Crippen molar-refractivity contribution in [3.05, 3.63) is 61.4 Å². The van der Waals surface area contributed by atoms with Gasteiger partial charge in [0.2, 0.25) is 0 Å². The average molecular weight is 326 g/mol. The van der Waals surface area contributed by atoms with Crippen LogP contribution in [0.25, 0.3) is 0 Å². The predicted molar refractivity (Wildman–Crippen MR) is 91.9 cm³/mol. The standard InChI is InChI=1S/C5H5.3C2H6O.5CH3.Ti/c1-2-4-5-3-1;3*1-2-3;;;;;;/h1-3H,4H2;3*3H,2H2,1H3;5*1H3;/q-1;;;;5*-1;. The Hall–Kier alpha value is 0.0743. The number of rotatable bonds is 0. The molecule has 3 N–H and O–H groups in total. The number of hydrogen-bond acceptors (Lipinski definition) is 3. The van der Waals surface area contributed by atoms with E-state index in [1.807, 2.05) is 12.2 Å². The summed E-state index contributed by atoms with van der Waals surface area (Å²) in [5, 5.41) is 22.7. The Kier molecular flexibility index (Phi) is 285. The molecule has 4 heteroatoms. The average Bonchev–Trinajstić information content (AvgIpc) is 2.63. The van der Waals surface area contributed by atoms with Gasteiger partial charge in [0, 0.05) is 41.5 Å². The Bertz CT molecular complexity index is 102. The zero-order valence-electron chi connectivity index (χ0n) is 14.9. The molecule has 0 amide bonds. The molecule has 0 aromatic rings. The number of aliphatic hydroxyl groups excluding tert-OH is 3. The van der Waals surface area contributed by atoms with Gasteiger partial charge >= 0.3 is 0 Å². The SMILES string of the molecule is CCO.CCO.CCO.[C-]1=CC=CC1.[CH3-].[CH3-].[CH3-].[CH3-].[CH3-].[Ti]. The molecule has 0 saturated heterocycles. The quantitative estimate of drug-likeness (QED) is 0.471. The van der Waals surface area contributed by atoms with E-state index in [1.165, 1.54) is 0 Å². The summed E-state index contributed by atoms with van der Waals surface area (Å²) >= 11 is 0. The van der Waals surface area contributed by atoms with Crippen LogP contribution in [0.5, 0.6) is 0 Å². The minimum Gasteiger partial charge on any atom is -0.397 e. The summed E-state index contributed by atoms with van der Waals surface area (Å²) in [6, 6.07) is 0. The molecule has 0 fully saturated rings. The molecule has 0 saturated carbocycles. The van der Waals surface area contributed by atoms with E-state index in [9.17, 15) is 0 Å². The molecule has 0 aliphatic heterocycles. The van der Waals surface area contributed by atoms with Crippen LogP contribution in [0.15, 0.2) is 18.2 Å². The Balaban J connectivity index is -0.0000000108. The van der Waals surface area contributed by atoms with Crippen molar-refractivity contribution in [1.29, 1.82) is 0 Å². The summed E-state index contributed by atoms with van der Waals surface area (Å²) in [5.41, 5.74) is 0. The molecular formula is C16H38O3Ti-6. The molecule has 0 unspecified atom stereocenters. The fourth-order valence-corrected chi connectivity index (χ4v) is 0.340. The van der Waals surface area contributed by atoms with Crippen LogP contribution in [0.2, 0.25) is 0 Å². The third-order valence-corrected chi connectivity index (χ3v) is 0.586. The van der Waals surface area contributed by atoms with E-state index in [0.29, 0.717) is 0 Å². The maximum absolute atomic E-state index is 7.57. The maximum atomic E-state index is 7.57. The largest absolute Gasteiger partial charge is 0.397 e. The fourth-order valence-electron chi connectivity index (χ4n) is 0.340. The molecule has 3 nitrogen and oxygen atoms in total. The van der Waals surface area contributed by atoms with Gasteiger partial charge in [-0.3, -0.25) is 6.08 Å². The first kappa shape index (κ1) is 59.6. The molecule has 0 aromatic heterocycles. The van der Waals surface area contributed by atoms with Crippen LogP contribution in [-0.2, 0) is 21.7 Å². The third-order valence-electron chi connectivity index (χ3n) is 0.586. The van der Waals surface area contributed by atoms with Crippen molar-refractivity contribution in [2.75, 3.05) is 19.8 Å². The summed E-state index contributed by atoms with van der Waals surface area (Å²) in [6.07, 6.45) is 10.0. The molecule has 1 rings (SSSR count). The topological polar surface area (TPSA) is 60.7 Å². The monoisotopic (exact) mass is 326 g/mol. The van der Waals surface area contributed by atoms with Crippen LogP contribution in [0.3, 0.4) is 0 Å². The second kappa shape index (κ2) is 95.6. The smallest absolute Gasteiger partial charge is 0.0402 e. The Morgan fingerprint density at radius 3 is 1.10 bits per heavy atom. The molecule has 1 aliphatic carbocycles. The van der Waals surface area contributed by atoms with Gasteiger partial charge in [-0.15, -0.1) is 6.42 Å². The molecule has 0 radical (unpaired) electrons. The van der Waals surface area contributed by atoms with E-state index in [2.05, 4.69) is 12.2 Å². The Labute approximate surface area is 145 Å². The van der Waals surface area contributed by atoms with Crippen molar-refractivity contribution in [1.82, 2.24) is 0 Å². The van der Waals surface area contributed by atoms with Gasteiger partial charge < -0.3 is 52.5 Å². The van der Waals surface area contributed by atoms with E-state index < -0.39 is 0 Å². The van der Waals surface area contributed by atoms with Crippen molar-refractivity contribution >= 4 is 0 Å². The molecule has 0 heterocycles. The van der Waals surface area contributed by atoms with E-state index in [0.717, 1.165) is 6.42 Å². The van der Waals surface area contributed by atoms with Crippen LogP contribution >= 0.6 is 0 Å². The second-order valence-corrected chi connectivity index (χ2v) is 1.95. The van der Waals surface area contributed by atoms with Crippen molar-refractivity contribution in [2.24, 2.45) is 0 Å². The van der Waals surface area contributed by atoms with Gasteiger partial charge in [0.05, 0.1) is 0 Å². The molecule has 0 aromatic carbocycles. The number of hydrogen-bond donors (Lipinski definition) is 3. The summed E-state index contributed by atoms with van der Waals surface area (Å²) in [4.78, 5) is 0. The first-order chi connectivity index (χ1) is 6.74. The van der Waals surface area contributed by atoms with Gasteiger partial charge in [0.15, 0.2) is 0 Å². The third kappa shape index (κ3) is 205. The summed E-state index contributed by atoms with van der Waals surface area (Å²) in [5.74, 6) is 0. The zero-order chi connectivity index (χ0) is 11.7. The molecule has 20 heavy (non-hydrogen) atoms. The van der Waals surface area contributed by atoms with E-state index >= 15 is 0 Å². The van der Waals surface area contributed by atoms with E-state index in [1.54, 1.807) is 20.8 Å². The van der Waals surface area contributed by atoms with E-state index in [-0.39, 0.29) is 78.7 Å². The zero-order valence-corrected chi connectivity index (χ0v) is 16.5. The van der Waals surface area contributed by atoms with Gasteiger partial charge in [-0.1, -0.05) is 0 Å². The number of aliphatic hydroxyl groups is 3. The summed E-state index contributed by atoms with van der Waals surface area (Å²) < 4.78 is 0.